The van der Waals surface area contributed by atoms with E-state index in [4.69, 9.17) is 9.72 Å². The number of hydrogen-bond acceptors (Lipinski definition) is 4. The summed E-state index contributed by atoms with van der Waals surface area (Å²) in [6.07, 6.45) is 6.21. The van der Waals surface area contributed by atoms with Gasteiger partial charge in [0.1, 0.15) is 5.82 Å². The van der Waals surface area contributed by atoms with Crippen LogP contribution in [0.2, 0.25) is 0 Å². The fraction of sp³-hybridized carbons (Fsp3) is 0.273. The Morgan fingerprint density at radius 3 is 1.78 bits per heavy atom. The van der Waals surface area contributed by atoms with Crippen LogP contribution in [0.5, 0.6) is 11.5 Å². The Bertz CT molecular complexity index is 3390. The van der Waals surface area contributed by atoms with Crippen molar-refractivity contribution >= 4 is 44.6 Å². The largest absolute Gasteiger partial charge is 0.509 e. The summed E-state index contributed by atoms with van der Waals surface area (Å²) in [5.74, 6) is 2.10. The zero-order valence-corrected chi connectivity index (χ0v) is 46.1. The van der Waals surface area contributed by atoms with E-state index >= 15 is 0 Å². The summed E-state index contributed by atoms with van der Waals surface area (Å²) in [6.45, 7) is 27.4. The normalized spacial score (nSPS) is 12.9. The molecule has 0 radical (unpaired) electrons. The van der Waals surface area contributed by atoms with Crippen LogP contribution in [-0.4, -0.2) is 9.55 Å². The average molecular weight is 1130 g/mol. The van der Waals surface area contributed by atoms with E-state index in [9.17, 15) is 0 Å². The number of hydrogen-bond donors (Lipinski definition) is 0. The number of fused-ring (bicyclic) bond motifs is 4. The number of pyridine rings is 1. The molecule has 0 amide bonds. The van der Waals surface area contributed by atoms with E-state index in [1.165, 1.54) is 44.3 Å². The van der Waals surface area contributed by atoms with Gasteiger partial charge in [0.2, 0.25) is 0 Å². The number of rotatable bonds is 11. The van der Waals surface area contributed by atoms with E-state index < -0.39 is 0 Å². The number of benzene rings is 7. The number of anilines is 4. The van der Waals surface area contributed by atoms with Crippen LogP contribution in [0.1, 0.15) is 117 Å². The third kappa shape index (κ3) is 9.78. The van der Waals surface area contributed by atoms with Gasteiger partial charge in [0, 0.05) is 72.5 Å². The second-order valence-corrected chi connectivity index (χ2v) is 22.4. The molecule has 2 aromatic heterocycles. The maximum Gasteiger partial charge on any atom is 0.135 e. The molecular weight excluding hydrogens is 1060 g/mol. The monoisotopic (exact) mass is 1130 g/mol. The van der Waals surface area contributed by atoms with E-state index in [2.05, 4.69) is 243 Å². The zero-order chi connectivity index (χ0) is 49.8. The van der Waals surface area contributed by atoms with Gasteiger partial charge in [-0.2, -0.15) is 12.1 Å². The van der Waals surface area contributed by atoms with E-state index in [1.807, 2.05) is 18.3 Å². The van der Waals surface area contributed by atoms with E-state index in [0.29, 0.717) is 11.5 Å². The Labute approximate surface area is 443 Å². The summed E-state index contributed by atoms with van der Waals surface area (Å²) in [4.78, 5) is 9.61. The molecule has 0 bridgehead atoms. The van der Waals surface area contributed by atoms with Gasteiger partial charge in [0.25, 0.3) is 0 Å². The van der Waals surface area contributed by atoms with Crippen molar-refractivity contribution in [3.05, 3.63) is 198 Å². The van der Waals surface area contributed by atoms with Gasteiger partial charge >= 0.3 is 0 Å². The summed E-state index contributed by atoms with van der Waals surface area (Å²) < 4.78 is 9.10. The molecule has 6 heteroatoms. The molecule has 370 valence electrons. The van der Waals surface area contributed by atoms with Gasteiger partial charge in [-0.05, 0) is 104 Å². The number of aryl methyl sites for hydroxylation is 2. The van der Waals surface area contributed by atoms with E-state index in [0.717, 1.165) is 81.8 Å². The summed E-state index contributed by atoms with van der Waals surface area (Å²) in [5, 5.41) is 2.34. The van der Waals surface area contributed by atoms with Gasteiger partial charge in [-0.15, -0.1) is 48.1 Å². The molecule has 1 aliphatic rings. The molecule has 0 atom stereocenters. The van der Waals surface area contributed by atoms with Crippen molar-refractivity contribution < 1.29 is 25.8 Å². The minimum atomic E-state index is -0.0387. The van der Waals surface area contributed by atoms with Crippen LogP contribution in [0.4, 0.5) is 22.7 Å². The summed E-state index contributed by atoms with van der Waals surface area (Å²) in [7, 11) is 0. The van der Waals surface area contributed by atoms with Crippen molar-refractivity contribution in [3.8, 4) is 39.6 Å². The standard InChI is InChI=1S/C66H67N4O.Pt/c1-12-21-45-37-57-56-32-31-53(42-61(56)70(60(57)38-46(45)22-13-2)62-40-48(33-34-67-62)64(3,4)5)71-52-26-19-25-51(41-52)68-43-69(59-30-18-17-29-58(59)68)63-54(44-23-15-14-16-24-44)27-20-28-55(63)47-35-49(65(6,7)8)39-50(36-47)66(9,10)11;/h14-20,23-40,43H,12-13,21-22H2,1-11H3;/q-3;. The number of para-hydroxylation sites is 3. The quantitative estimate of drug-likeness (QED) is 0.121. The average Bonchev–Trinajstić information content (AvgIpc) is 3.89. The van der Waals surface area contributed by atoms with Crippen LogP contribution < -0.4 is 14.5 Å². The Kier molecular flexibility index (Phi) is 14.0. The maximum absolute atomic E-state index is 6.81. The smallest absolute Gasteiger partial charge is 0.135 e. The Morgan fingerprint density at radius 2 is 1.12 bits per heavy atom. The second-order valence-electron chi connectivity index (χ2n) is 22.4. The predicted molar refractivity (Wildman–Crippen MR) is 299 cm³/mol. The van der Waals surface area contributed by atoms with Gasteiger partial charge < -0.3 is 19.1 Å². The molecule has 0 saturated carbocycles. The molecule has 9 aromatic rings. The molecule has 0 spiro atoms. The topological polar surface area (TPSA) is 33.5 Å². The fourth-order valence-corrected chi connectivity index (χ4v) is 10.1. The number of nitrogens with zero attached hydrogens (tertiary/aromatic N) is 4. The minimum absolute atomic E-state index is 0. The molecule has 5 nitrogen and oxygen atoms in total. The van der Waals surface area contributed by atoms with Crippen molar-refractivity contribution in [2.24, 2.45) is 0 Å². The van der Waals surface area contributed by atoms with Crippen molar-refractivity contribution in [2.45, 2.75) is 118 Å². The summed E-state index contributed by atoms with van der Waals surface area (Å²) in [6, 6.07) is 60.4. The van der Waals surface area contributed by atoms with E-state index in [1.54, 1.807) is 0 Å². The van der Waals surface area contributed by atoms with Gasteiger partial charge in [-0.1, -0.05) is 179 Å². The molecule has 0 aliphatic carbocycles. The maximum atomic E-state index is 6.81. The first-order valence-corrected chi connectivity index (χ1v) is 25.6. The molecule has 0 saturated heterocycles. The Balaban J connectivity index is 0.00000640. The van der Waals surface area contributed by atoms with Crippen molar-refractivity contribution in [1.29, 1.82) is 0 Å². The van der Waals surface area contributed by atoms with Crippen LogP contribution >= 0.6 is 0 Å². The fourth-order valence-electron chi connectivity index (χ4n) is 10.1. The van der Waals surface area contributed by atoms with Crippen LogP contribution in [0.25, 0.3) is 49.9 Å². The van der Waals surface area contributed by atoms with Gasteiger partial charge in [0.05, 0.1) is 0 Å². The molecular formula is C66H67N4OPt-3. The first-order chi connectivity index (χ1) is 34.0. The van der Waals surface area contributed by atoms with Gasteiger partial charge in [-0.25, -0.2) is 4.98 Å². The van der Waals surface area contributed by atoms with Gasteiger partial charge in [-0.3, -0.25) is 0 Å². The van der Waals surface area contributed by atoms with Crippen molar-refractivity contribution in [3.63, 3.8) is 0 Å². The summed E-state index contributed by atoms with van der Waals surface area (Å²) >= 11 is 0. The van der Waals surface area contributed by atoms with Crippen LogP contribution in [0.3, 0.4) is 0 Å². The van der Waals surface area contributed by atoms with Crippen LogP contribution in [0, 0.1) is 18.8 Å². The molecule has 10 rings (SSSR count). The van der Waals surface area contributed by atoms with Gasteiger partial charge in [0.15, 0.2) is 0 Å². The molecule has 0 fully saturated rings. The number of aromatic nitrogens is 2. The first-order valence-electron chi connectivity index (χ1n) is 25.6. The summed E-state index contributed by atoms with van der Waals surface area (Å²) in [5.41, 5.74) is 17.5. The third-order valence-electron chi connectivity index (χ3n) is 14.1. The Morgan fingerprint density at radius 1 is 0.528 bits per heavy atom. The minimum Gasteiger partial charge on any atom is -0.509 e. The zero-order valence-electron chi connectivity index (χ0n) is 43.9. The molecule has 0 unspecified atom stereocenters. The van der Waals surface area contributed by atoms with Crippen molar-refractivity contribution in [2.75, 3.05) is 9.80 Å². The molecule has 72 heavy (non-hydrogen) atoms. The second kappa shape index (κ2) is 19.9. The Hall–Kier alpha value is -6.42. The molecule has 3 heterocycles. The number of ether oxygens (including phenoxy) is 1. The molecule has 0 N–H and O–H groups in total. The molecule has 1 aliphatic heterocycles. The van der Waals surface area contributed by atoms with E-state index in [-0.39, 0.29) is 37.3 Å². The van der Waals surface area contributed by atoms with Crippen molar-refractivity contribution in [1.82, 2.24) is 9.55 Å². The van der Waals surface area contributed by atoms with Crippen LogP contribution in [-0.2, 0) is 50.2 Å². The third-order valence-corrected chi connectivity index (χ3v) is 14.1. The van der Waals surface area contributed by atoms with Crippen LogP contribution in [0.15, 0.2) is 152 Å². The SMILES string of the molecule is CCCc1cc2c3ccc(Oc4[c-]c(N5[CH-]N(c6c(-c7ccccc7)cccc6-c6cc(C(C)(C)C)cc(C(C)(C)C)c6)c6ccccc65)ccc4)[c-]c3n(-c3cc(C(C)(C)C)ccn3)c2cc1CCC.[Pt]. The predicted octanol–water partition coefficient (Wildman–Crippen LogP) is 18.1. The first kappa shape index (κ1) is 50.5. The molecule has 7 aromatic carbocycles.